The van der Waals surface area contributed by atoms with E-state index < -0.39 is 0 Å². The van der Waals surface area contributed by atoms with Crippen LogP contribution in [0.15, 0.2) is 18.2 Å². The van der Waals surface area contributed by atoms with Crippen LogP contribution in [0.5, 0.6) is 0 Å². The van der Waals surface area contributed by atoms with Crippen LogP contribution in [0.3, 0.4) is 0 Å². The third-order valence-corrected chi connectivity index (χ3v) is 3.92. The summed E-state index contributed by atoms with van der Waals surface area (Å²) in [5.41, 5.74) is 4.06. The first kappa shape index (κ1) is 13.3. The molecule has 98 valence electrons. The van der Waals surface area contributed by atoms with E-state index in [1.54, 1.807) is 0 Å². The van der Waals surface area contributed by atoms with Gasteiger partial charge in [-0.2, -0.15) is 0 Å². The van der Waals surface area contributed by atoms with E-state index in [2.05, 4.69) is 37.4 Å². The van der Waals surface area contributed by atoms with Crippen molar-refractivity contribution < 1.29 is 4.79 Å². The largest absolute Gasteiger partial charge is 0.312 e. The topological polar surface area (TPSA) is 29.1 Å². The van der Waals surface area contributed by atoms with Gasteiger partial charge in [-0.1, -0.05) is 23.8 Å². The molecule has 1 aromatic carbocycles. The lowest BCUT2D eigenvalue weighted by Crippen LogP contribution is -2.26. The molecule has 0 amide bonds. The molecule has 0 unspecified atom stereocenters. The van der Waals surface area contributed by atoms with Gasteiger partial charge in [0.1, 0.15) is 5.78 Å². The predicted molar refractivity (Wildman–Crippen MR) is 74.6 cm³/mol. The quantitative estimate of drug-likeness (QED) is 0.883. The first-order chi connectivity index (χ1) is 8.65. The SMILES string of the molecule is Cc1ccc(C)c(CNCC2CCC(=O)CC2)c1. The van der Waals surface area contributed by atoms with Crippen LogP contribution in [-0.4, -0.2) is 12.3 Å². The summed E-state index contributed by atoms with van der Waals surface area (Å²) < 4.78 is 0. The molecule has 0 atom stereocenters. The van der Waals surface area contributed by atoms with Crippen LogP contribution in [0.4, 0.5) is 0 Å². The van der Waals surface area contributed by atoms with Gasteiger partial charge in [-0.25, -0.2) is 0 Å². The number of nitrogens with one attached hydrogen (secondary N) is 1. The van der Waals surface area contributed by atoms with Crippen molar-refractivity contribution in [3.05, 3.63) is 34.9 Å². The van der Waals surface area contributed by atoms with Gasteiger partial charge >= 0.3 is 0 Å². The third-order valence-electron chi connectivity index (χ3n) is 3.92. The molecule has 0 bridgehead atoms. The molecule has 0 radical (unpaired) electrons. The van der Waals surface area contributed by atoms with E-state index in [1.807, 2.05) is 0 Å². The van der Waals surface area contributed by atoms with E-state index >= 15 is 0 Å². The first-order valence-electron chi connectivity index (χ1n) is 6.93. The van der Waals surface area contributed by atoms with Gasteiger partial charge in [0.25, 0.3) is 0 Å². The molecule has 18 heavy (non-hydrogen) atoms. The van der Waals surface area contributed by atoms with Crippen LogP contribution in [0, 0.1) is 19.8 Å². The second-order valence-corrected chi connectivity index (χ2v) is 5.54. The number of Topliss-reactive ketones (excluding diaryl/α,β-unsaturated/α-hetero) is 1. The predicted octanol–water partition coefficient (Wildman–Crippen LogP) is 3.15. The summed E-state index contributed by atoms with van der Waals surface area (Å²) in [4.78, 5) is 11.2. The Balaban J connectivity index is 1.78. The zero-order valence-corrected chi connectivity index (χ0v) is 11.5. The van der Waals surface area contributed by atoms with Crippen LogP contribution in [0.1, 0.15) is 42.4 Å². The van der Waals surface area contributed by atoms with Crippen molar-refractivity contribution in [3.8, 4) is 0 Å². The highest BCUT2D eigenvalue weighted by Gasteiger charge is 2.17. The van der Waals surface area contributed by atoms with E-state index in [0.29, 0.717) is 11.7 Å². The van der Waals surface area contributed by atoms with Gasteiger partial charge in [0.05, 0.1) is 0 Å². The molecule has 1 aliphatic carbocycles. The lowest BCUT2D eigenvalue weighted by molar-refractivity contribution is -0.120. The van der Waals surface area contributed by atoms with Crippen molar-refractivity contribution in [2.24, 2.45) is 5.92 Å². The minimum atomic E-state index is 0.445. The van der Waals surface area contributed by atoms with Crippen LogP contribution in [0.2, 0.25) is 0 Å². The van der Waals surface area contributed by atoms with Crippen molar-refractivity contribution >= 4 is 5.78 Å². The van der Waals surface area contributed by atoms with E-state index in [1.165, 1.54) is 16.7 Å². The van der Waals surface area contributed by atoms with Crippen LogP contribution in [0.25, 0.3) is 0 Å². The van der Waals surface area contributed by atoms with Gasteiger partial charge in [-0.15, -0.1) is 0 Å². The summed E-state index contributed by atoms with van der Waals surface area (Å²) in [6, 6.07) is 6.60. The molecule has 0 spiro atoms. The molecule has 0 saturated heterocycles. The molecular weight excluding hydrogens is 222 g/mol. The zero-order chi connectivity index (χ0) is 13.0. The average Bonchev–Trinajstić information content (AvgIpc) is 2.36. The van der Waals surface area contributed by atoms with Crippen molar-refractivity contribution in [2.75, 3.05) is 6.54 Å². The van der Waals surface area contributed by atoms with Gasteiger partial charge in [0.15, 0.2) is 0 Å². The number of ketones is 1. The van der Waals surface area contributed by atoms with Crippen molar-refractivity contribution in [2.45, 2.75) is 46.1 Å². The highest BCUT2D eigenvalue weighted by Crippen LogP contribution is 2.20. The number of aryl methyl sites for hydroxylation is 2. The highest BCUT2D eigenvalue weighted by molar-refractivity contribution is 5.79. The Morgan fingerprint density at radius 3 is 2.67 bits per heavy atom. The maximum absolute atomic E-state index is 11.2. The lowest BCUT2D eigenvalue weighted by atomic mass is 9.88. The Labute approximate surface area is 110 Å². The Hall–Kier alpha value is -1.15. The number of hydrogen-bond acceptors (Lipinski definition) is 2. The molecule has 1 saturated carbocycles. The molecule has 1 aliphatic rings. The molecule has 0 heterocycles. The third kappa shape index (κ3) is 3.67. The summed E-state index contributed by atoms with van der Waals surface area (Å²) in [6.45, 7) is 6.28. The molecule has 1 aromatic rings. The fourth-order valence-electron chi connectivity index (χ4n) is 2.61. The lowest BCUT2D eigenvalue weighted by Gasteiger charge is -2.21. The number of carbonyl (C=O) groups excluding carboxylic acids is 1. The minimum Gasteiger partial charge on any atom is -0.312 e. The maximum Gasteiger partial charge on any atom is 0.132 e. The number of rotatable bonds is 4. The van der Waals surface area contributed by atoms with Crippen molar-refractivity contribution in [3.63, 3.8) is 0 Å². The Bertz CT molecular complexity index is 415. The van der Waals surface area contributed by atoms with Crippen LogP contribution >= 0.6 is 0 Å². The fourth-order valence-corrected chi connectivity index (χ4v) is 2.61. The minimum absolute atomic E-state index is 0.445. The summed E-state index contributed by atoms with van der Waals surface area (Å²) >= 11 is 0. The Kier molecular flexibility index (Phi) is 4.54. The van der Waals surface area contributed by atoms with Gasteiger partial charge in [-0.3, -0.25) is 4.79 Å². The second-order valence-electron chi connectivity index (χ2n) is 5.54. The average molecular weight is 245 g/mol. The summed E-state index contributed by atoms with van der Waals surface area (Å²) in [5.74, 6) is 1.13. The normalized spacial score (nSPS) is 17.1. The molecule has 1 fully saturated rings. The molecule has 1 N–H and O–H groups in total. The molecule has 2 heteroatoms. The van der Waals surface area contributed by atoms with Crippen molar-refractivity contribution in [1.82, 2.24) is 5.32 Å². The molecule has 0 aliphatic heterocycles. The van der Waals surface area contributed by atoms with Gasteiger partial charge in [-0.05, 0) is 50.3 Å². The Morgan fingerprint density at radius 1 is 1.22 bits per heavy atom. The van der Waals surface area contributed by atoms with Gasteiger partial charge in [0, 0.05) is 19.4 Å². The summed E-state index contributed by atoms with van der Waals surface area (Å²) in [5, 5.41) is 3.54. The number of benzene rings is 1. The standard InChI is InChI=1S/C16H23NO/c1-12-3-4-13(2)15(9-12)11-17-10-14-5-7-16(18)8-6-14/h3-4,9,14,17H,5-8,10-11H2,1-2H3. The summed E-state index contributed by atoms with van der Waals surface area (Å²) in [7, 11) is 0. The Morgan fingerprint density at radius 2 is 1.94 bits per heavy atom. The van der Waals surface area contributed by atoms with Crippen molar-refractivity contribution in [1.29, 1.82) is 0 Å². The van der Waals surface area contributed by atoms with Gasteiger partial charge < -0.3 is 5.32 Å². The van der Waals surface area contributed by atoms with Gasteiger partial charge in [0.2, 0.25) is 0 Å². The second kappa shape index (κ2) is 6.14. The monoisotopic (exact) mass is 245 g/mol. The molecule has 2 rings (SSSR count). The van der Waals surface area contributed by atoms with E-state index in [0.717, 1.165) is 38.8 Å². The smallest absolute Gasteiger partial charge is 0.132 e. The number of carbonyl (C=O) groups is 1. The highest BCUT2D eigenvalue weighted by atomic mass is 16.1. The van der Waals surface area contributed by atoms with E-state index in [9.17, 15) is 4.79 Å². The van der Waals surface area contributed by atoms with Crippen LogP contribution < -0.4 is 5.32 Å². The molecule has 0 aromatic heterocycles. The molecule has 2 nitrogen and oxygen atoms in total. The van der Waals surface area contributed by atoms with E-state index in [4.69, 9.17) is 0 Å². The first-order valence-corrected chi connectivity index (χ1v) is 6.93. The molecular formula is C16H23NO. The zero-order valence-electron chi connectivity index (χ0n) is 11.5. The van der Waals surface area contributed by atoms with E-state index in [-0.39, 0.29) is 0 Å². The summed E-state index contributed by atoms with van der Waals surface area (Å²) in [6.07, 6.45) is 3.71. The maximum atomic E-state index is 11.2. The number of hydrogen-bond donors (Lipinski definition) is 1. The van der Waals surface area contributed by atoms with Crippen LogP contribution in [-0.2, 0) is 11.3 Å². The fraction of sp³-hybridized carbons (Fsp3) is 0.562.